The van der Waals surface area contributed by atoms with E-state index in [4.69, 9.17) is 9.47 Å². The number of fused-ring (bicyclic) bond motifs is 1. The molecule has 1 unspecified atom stereocenters. The molecule has 0 bridgehead atoms. The van der Waals surface area contributed by atoms with Crippen molar-refractivity contribution in [2.45, 2.75) is 26.7 Å². The summed E-state index contributed by atoms with van der Waals surface area (Å²) in [7, 11) is 0. The molecule has 1 fully saturated rings. The maximum atomic E-state index is 13.8. The Labute approximate surface area is 226 Å². The summed E-state index contributed by atoms with van der Waals surface area (Å²) in [6.07, 6.45) is 1.54. The molecule has 0 amide bonds. The van der Waals surface area contributed by atoms with Crippen LogP contribution in [-0.2, 0) is 4.79 Å². The first-order valence-corrected chi connectivity index (χ1v) is 13.8. The predicted octanol–water partition coefficient (Wildman–Crippen LogP) is 6.54. The number of aromatic hydroxyl groups is 1. The molecular weight excluding hydrogens is 498 g/mol. The van der Waals surface area contributed by atoms with Crippen LogP contribution in [0.1, 0.15) is 42.6 Å². The number of nitrogens with zero attached hydrogens (tertiary/aromatic N) is 1. The van der Waals surface area contributed by atoms with E-state index < -0.39 is 0 Å². The van der Waals surface area contributed by atoms with E-state index in [1.54, 1.807) is 49.4 Å². The van der Waals surface area contributed by atoms with E-state index in [1.807, 2.05) is 24.3 Å². The number of benzene rings is 3. The molecule has 1 aliphatic heterocycles. The van der Waals surface area contributed by atoms with Gasteiger partial charge in [0.05, 0.1) is 0 Å². The monoisotopic (exact) mass is 529 g/mol. The van der Waals surface area contributed by atoms with Crippen molar-refractivity contribution in [3.63, 3.8) is 0 Å². The number of carbonyl (C=O) groups excluding carboxylic acids is 2. The summed E-state index contributed by atoms with van der Waals surface area (Å²) < 4.78 is 12.1. The van der Waals surface area contributed by atoms with Crippen molar-refractivity contribution < 1.29 is 24.2 Å². The van der Waals surface area contributed by atoms with Crippen LogP contribution in [0.2, 0.25) is 0 Å². The van der Waals surface area contributed by atoms with Gasteiger partial charge in [0.2, 0.25) is 0 Å². The van der Waals surface area contributed by atoms with Crippen LogP contribution in [0.3, 0.4) is 0 Å². The minimum Gasteiger partial charge on any atom is -0.508 e. The molecule has 1 saturated heterocycles. The molecule has 38 heavy (non-hydrogen) atoms. The molecular formula is C31H31NO5S. The van der Waals surface area contributed by atoms with Crippen LogP contribution < -0.4 is 9.47 Å². The molecule has 0 spiro atoms. The highest BCUT2D eigenvalue weighted by atomic mass is 32.1. The first-order valence-electron chi connectivity index (χ1n) is 13.0. The van der Waals surface area contributed by atoms with Crippen molar-refractivity contribution in [1.29, 1.82) is 0 Å². The number of thiophene rings is 1. The fourth-order valence-corrected chi connectivity index (χ4v) is 6.00. The summed E-state index contributed by atoms with van der Waals surface area (Å²) in [4.78, 5) is 28.7. The van der Waals surface area contributed by atoms with Crippen molar-refractivity contribution >= 4 is 33.2 Å². The molecule has 1 atom stereocenters. The second kappa shape index (κ2) is 11.4. The van der Waals surface area contributed by atoms with Gasteiger partial charge in [0.1, 0.15) is 23.9 Å². The van der Waals surface area contributed by atoms with E-state index in [9.17, 15) is 14.7 Å². The molecule has 1 N–H and O–H groups in total. The molecule has 2 heterocycles. The van der Waals surface area contributed by atoms with Crippen molar-refractivity contribution in [3.8, 4) is 27.7 Å². The van der Waals surface area contributed by atoms with E-state index >= 15 is 0 Å². The van der Waals surface area contributed by atoms with Gasteiger partial charge in [-0.15, -0.1) is 11.3 Å². The van der Waals surface area contributed by atoms with Gasteiger partial charge in [-0.05, 0) is 91.2 Å². The third-order valence-electron chi connectivity index (χ3n) is 6.84. The van der Waals surface area contributed by atoms with Crippen LogP contribution in [0.25, 0.3) is 20.5 Å². The van der Waals surface area contributed by atoms with Gasteiger partial charge in [-0.25, -0.2) is 0 Å². The van der Waals surface area contributed by atoms with Crippen LogP contribution in [0, 0.1) is 5.92 Å². The molecule has 5 rings (SSSR count). The number of likely N-dealkylation sites (tertiary alicyclic amines) is 1. The largest absolute Gasteiger partial charge is 0.508 e. The Morgan fingerprint density at radius 3 is 2.45 bits per heavy atom. The molecule has 4 aromatic rings. The zero-order valence-corrected chi connectivity index (χ0v) is 22.4. The Morgan fingerprint density at radius 1 is 1.03 bits per heavy atom. The average molecular weight is 530 g/mol. The summed E-state index contributed by atoms with van der Waals surface area (Å²) in [5.41, 5.74) is 1.98. The first kappa shape index (κ1) is 25.9. The first-order chi connectivity index (χ1) is 18.4. The Kier molecular flexibility index (Phi) is 7.77. The van der Waals surface area contributed by atoms with Gasteiger partial charge in [0, 0.05) is 45.6 Å². The summed E-state index contributed by atoms with van der Waals surface area (Å²) in [6.45, 7) is 7.79. The topological polar surface area (TPSA) is 76.1 Å². The number of phenols is 1. The zero-order valence-electron chi connectivity index (χ0n) is 21.6. The lowest BCUT2D eigenvalue weighted by molar-refractivity contribution is -0.134. The van der Waals surface area contributed by atoms with E-state index in [1.165, 1.54) is 17.8 Å². The van der Waals surface area contributed by atoms with Crippen LogP contribution in [0.5, 0.6) is 17.2 Å². The molecule has 0 radical (unpaired) electrons. The number of carbonyl (C=O) groups is 2. The summed E-state index contributed by atoms with van der Waals surface area (Å²) in [5.74, 6) is 1.70. The third-order valence-corrected chi connectivity index (χ3v) is 8.04. The average Bonchev–Trinajstić information content (AvgIpc) is 3.51. The Bertz CT molecular complexity index is 1440. The summed E-state index contributed by atoms with van der Waals surface area (Å²) in [6, 6.07) is 19.5. The molecule has 1 aliphatic rings. The lowest BCUT2D eigenvalue weighted by atomic mass is 9.97. The Balaban J connectivity index is 1.38. The van der Waals surface area contributed by atoms with Gasteiger partial charge in [0.15, 0.2) is 5.78 Å². The SMILES string of the molecule is CCC(=O)Oc1ccc(-c2sc3cc(O)ccc3c2C(=O)c2ccc(OCCN3CCC(C)C3)cc2)cc1. The minimum absolute atomic E-state index is 0.101. The van der Waals surface area contributed by atoms with Gasteiger partial charge in [0.25, 0.3) is 0 Å². The fourth-order valence-electron chi connectivity index (χ4n) is 4.76. The number of hydrogen-bond acceptors (Lipinski definition) is 7. The number of hydrogen-bond donors (Lipinski definition) is 1. The van der Waals surface area contributed by atoms with Gasteiger partial charge in [-0.3, -0.25) is 14.5 Å². The highest BCUT2D eigenvalue weighted by Gasteiger charge is 2.22. The molecule has 6 nitrogen and oxygen atoms in total. The van der Waals surface area contributed by atoms with Crippen molar-refractivity contribution in [2.75, 3.05) is 26.2 Å². The Hall–Kier alpha value is -3.68. The summed E-state index contributed by atoms with van der Waals surface area (Å²) >= 11 is 1.45. The molecule has 196 valence electrons. The van der Waals surface area contributed by atoms with Gasteiger partial charge >= 0.3 is 5.97 Å². The minimum atomic E-state index is -0.302. The molecule has 0 aliphatic carbocycles. The second-order valence-corrected chi connectivity index (χ2v) is 10.8. The normalized spacial score (nSPS) is 15.6. The van der Waals surface area contributed by atoms with Gasteiger partial charge in [-0.1, -0.05) is 13.8 Å². The van der Waals surface area contributed by atoms with Gasteiger partial charge < -0.3 is 14.6 Å². The van der Waals surface area contributed by atoms with Crippen molar-refractivity contribution in [2.24, 2.45) is 5.92 Å². The van der Waals surface area contributed by atoms with E-state index in [2.05, 4.69) is 11.8 Å². The van der Waals surface area contributed by atoms with Crippen molar-refractivity contribution in [1.82, 2.24) is 4.90 Å². The maximum absolute atomic E-state index is 13.8. The highest BCUT2D eigenvalue weighted by Crippen LogP contribution is 2.41. The maximum Gasteiger partial charge on any atom is 0.310 e. The van der Waals surface area contributed by atoms with Crippen LogP contribution in [0.4, 0.5) is 0 Å². The van der Waals surface area contributed by atoms with E-state index in [-0.39, 0.29) is 17.5 Å². The lowest BCUT2D eigenvalue weighted by Crippen LogP contribution is -2.25. The highest BCUT2D eigenvalue weighted by molar-refractivity contribution is 7.22. The van der Waals surface area contributed by atoms with Crippen LogP contribution in [-0.4, -0.2) is 48.0 Å². The van der Waals surface area contributed by atoms with Gasteiger partial charge in [-0.2, -0.15) is 0 Å². The molecule has 0 saturated carbocycles. The second-order valence-electron chi connectivity index (χ2n) is 9.74. The van der Waals surface area contributed by atoms with Crippen molar-refractivity contribution in [3.05, 3.63) is 77.9 Å². The van der Waals surface area contributed by atoms with Crippen LogP contribution >= 0.6 is 11.3 Å². The Morgan fingerprint density at radius 2 is 1.76 bits per heavy atom. The van der Waals surface area contributed by atoms with E-state index in [0.29, 0.717) is 29.9 Å². The predicted molar refractivity (Wildman–Crippen MR) is 150 cm³/mol. The molecule has 3 aromatic carbocycles. The standard InChI is InChI=1S/C31H31NO5S/c1-3-28(34)37-25-11-6-22(7-12-25)31-29(26-13-8-23(33)18-27(26)38-31)30(35)21-4-9-24(10-5-21)36-17-16-32-15-14-20(2)19-32/h4-13,18,20,33H,3,14-17,19H2,1-2H3. The van der Waals surface area contributed by atoms with Crippen LogP contribution in [0.15, 0.2) is 66.7 Å². The molecule has 1 aromatic heterocycles. The zero-order chi connectivity index (χ0) is 26.6. The number of esters is 1. The number of phenolic OH excluding ortho intramolecular Hbond substituents is 1. The number of ether oxygens (including phenoxy) is 2. The quantitative estimate of drug-likeness (QED) is 0.151. The molecule has 7 heteroatoms. The number of rotatable bonds is 9. The fraction of sp³-hybridized carbons (Fsp3) is 0.290. The smallest absolute Gasteiger partial charge is 0.310 e. The lowest BCUT2D eigenvalue weighted by Gasteiger charge is -2.15. The third kappa shape index (κ3) is 5.74. The van der Waals surface area contributed by atoms with E-state index in [0.717, 1.165) is 51.8 Å². The number of ketones is 1. The summed E-state index contributed by atoms with van der Waals surface area (Å²) in [5, 5.41) is 10.8.